The summed E-state index contributed by atoms with van der Waals surface area (Å²) in [5.74, 6) is 3.57. The van der Waals surface area contributed by atoms with E-state index in [1.165, 1.54) is 0 Å². The number of esters is 1. The Morgan fingerprint density at radius 2 is 2.09 bits per heavy atom. The van der Waals surface area contributed by atoms with Gasteiger partial charge in [-0.3, -0.25) is 9.78 Å². The van der Waals surface area contributed by atoms with Crippen molar-refractivity contribution in [3.05, 3.63) is 59.6 Å². The molecule has 3 aromatic rings. The molecule has 0 amide bonds. The van der Waals surface area contributed by atoms with E-state index in [0.717, 1.165) is 59.2 Å². The summed E-state index contributed by atoms with van der Waals surface area (Å²) in [6, 6.07) is 5.85. The number of aryl methyl sites for hydroxylation is 1. The second-order valence-electron chi connectivity index (χ2n) is 8.57. The van der Waals surface area contributed by atoms with Crippen molar-refractivity contribution < 1.29 is 18.4 Å². The van der Waals surface area contributed by atoms with E-state index in [1.54, 1.807) is 24.2 Å². The molecule has 0 saturated heterocycles. The van der Waals surface area contributed by atoms with Crippen LogP contribution in [-0.2, 0) is 16.0 Å². The fraction of sp³-hybridized carbons (Fsp3) is 0.423. The zero-order valence-electron chi connectivity index (χ0n) is 20.2. The number of furan rings is 1. The monoisotopic (exact) mass is 481 g/mol. The number of ether oxygens (including phenoxy) is 1. The van der Waals surface area contributed by atoms with E-state index in [4.69, 9.17) is 18.6 Å². The lowest BCUT2D eigenvalue weighted by atomic mass is 9.84. The maximum atomic E-state index is 12.3. The van der Waals surface area contributed by atoms with Crippen LogP contribution in [0, 0.1) is 6.92 Å². The van der Waals surface area contributed by atoms with Gasteiger partial charge in [0, 0.05) is 32.2 Å². The van der Waals surface area contributed by atoms with Gasteiger partial charge in [0.15, 0.2) is 0 Å². The molecule has 0 unspecified atom stereocenters. The van der Waals surface area contributed by atoms with Gasteiger partial charge in [0.1, 0.15) is 22.0 Å². The molecule has 0 aliphatic heterocycles. The molecule has 1 saturated carbocycles. The molecule has 0 N–H and O–H groups in total. The molecule has 0 atom stereocenters. The number of hydrogen-bond donors (Lipinski definition) is 0. The molecule has 0 radical (unpaired) electrons. The van der Waals surface area contributed by atoms with Crippen LogP contribution in [0.25, 0.3) is 17.5 Å². The summed E-state index contributed by atoms with van der Waals surface area (Å²) in [6.45, 7) is 4.20. The summed E-state index contributed by atoms with van der Waals surface area (Å²) in [5, 5.41) is 0. The van der Waals surface area contributed by atoms with Crippen molar-refractivity contribution in [1.29, 1.82) is 0 Å². The second-order valence-corrected chi connectivity index (χ2v) is 9.98. The largest absolute Gasteiger partial charge is 0.465 e. The number of aromatic nitrogens is 2. The molecule has 0 spiro atoms. The Balaban J connectivity index is 1.38. The van der Waals surface area contributed by atoms with Crippen molar-refractivity contribution >= 4 is 29.5 Å². The maximum Gasteiger partial charge on any atom is 0.322 e. The lowest BCUT2D eigenvalue weighted by molar-refractivity contribution is -0.148. The lowest BCUT2D eigenvalue weighted by Gasteiger charge is -2.38. The van der Waals surface area contributed by atoms with Crippen molar-refractivity contribution in [2.45, 2.75) is 44.3 Å². The molecule has 180 valence electrons. The van der Waals surface area contributed by atoms with E-state index < -0.39 is 0 Å². The molecule has 1 aliphatic rings. The van der Waals surface area contributed by atoms with Crippen molar-refractivity contribution in [2.75, 3.05) is 31.4 Å². The average molecular weight is 482 g/mol. The topological polar surface area (TPSA) is 81.6 Å². The van der Waals surface area contributed by atoms with Gasteiger partial charge in [0.25, 0.3) is 0 Å². The van der Waals surface area contributed by atoms with Gasteiger partial charge in [-0.2, -0.15) is 0 Å². The Morgan fingerprint density at radius 1 is 1.26 bits per heavy atom. The Bertz CT molecular complexity index is 1160. The fourth-order valence-corrected chi connectivity index (χ4v) is 5.20. The highest BCUT2D eigenvalue weighted by atomic mass is 32.2. The van der Waals surface area contributed by atoms with Gasteiger partial charge in [-0.15, -0.1) is 11.8 Å². The highest BCUT2D eigenvalue weighted by molar-refractivity contribution is 8.01. The first-order valence-corrected chi connectivity index (χ1v) is 12.5. The summed E-state index contributed by atoms with van der Waals surface area (Å²) >= 11 is 1.66. The fourth-order valence-electron chi connectivity index (χ4n) is 3.93. The number of carbonyl (C=O) groups excluding carboxylic acids is 1. The summed E-state index contributed by atoms with van der Waals surface area (Å²) in [5.41, 5.74) is 2.69. The van der Waals surface area contributed by atoms with E-state index in [0.29, 0.717) is 18.9 Å². The molecule has 3 aromatic heterocycles. The predicted molar refractivity (Wildman–Crippen MR) is 135 cm³/mol. The zero-order chi connectivity index (χ0) is 24.1. The number of carbonyl (C=O) groups is 1. The van der Waals surface area contributed by atoms with E-state index >= 15 is 0 Å². The van der Waals surface area contributed by atoms with Crippen molar-refractivity contribution in [3.8, 4) is 11.5 Å². The molecule has 34 heavy (non-hydrogen) atoms. The van der Waals surface area contributed by atoms with Crippen molar-refractivity contribution in [2.24, 2.45) is 0 Å². The van der Waals surface area contributed by atoms with Gasteiger partial charge in [-0.1, -0.05) is 6.08 Å². The molecule has 3 heterocycles. The summed E-state index contributed by atoms with van der Waals surface area (Å²) in [4.78, 5) is 23.2. The van der Waals surface area contributed by atoms with Crippen LogP contribution in [0.5, 0.6) is 0 Å². The molecule has 4 rings (SSSR count). The summed E-state index contributed by atoms with van der Waals surface area (Å²) in [6.07, 6.45) is 10.9. The number of rotatable bonds is 10. The molecule has 1 fully saturated rings. The van der Waals surface area contributed by atoms with Crippen LogP contribution in [0.3, 0.4) is 0 Å². The molecular weight excluding hydrogens is 450 g/mol. The first-order chi connectivity index (χ1) is 16.4. The standard InChI is InChI=1S/C26H31N3O4S/c1-5-31-25(30)26(12-7-13-26)34-15-6-8-19-9-10-20(33-19)16-22-18(2)32-24(28-22)21-17-27-14-11-23(21)29(3)4/h6,8-11,14,17H,5,7,12-13,15-16H2,1-4H3/b8-6+. The Labute approximate surface area is 204 Å². The number of anilines is 1. The van der Waals surface area contributed by atoms with Crippen LogP contribution in [-0.4, -0.2) is 47.1 Å². The first-order valence-electron chi connectivity index (χ1n) is 11.6. The van der Waals surface area contributed by atoms with Gasteiger partial charge >= 0.3 is 5.97 Å². The quantitative estimate of drug-likeness (QED) is 0.350. The Hall–Kier alpha value is -3.00. The number of hydrogen-bond acceptors (Lipinski definition) is 8. The van der Waals surface area contributed by atoms with Gasteiger partial charge < -0.3 is 18.5 Å². The normalized spacial score (nSPS) is 14.8. The smallest absolute Gasteiger partial charge is 0.322 e. The minimum Gasteiger partial charge on any atom is -0.465 e. The van der Waals surface area contributed by atoms with E-state index in [9.17, 15) is 4.79 Å². The van der Waals surface area contributed by atoms with Gasteiger partial charge in [-0.05, 0) is 57.4 Å². The Morgan fingerprint density at radius 3 is 2.79 bits per heavy atom. The molecule has 7 nitrogen and oxygen atoms in total. The number of nitrogens with zero attached hydrogens (tertiary/aromatic N) is 3. The molecule has 0 bridgehead atoms. The van der Waals surface area contributed by atoms with Crippen molar-refractivity contribution in [1.82, 2.24) is 9.97 Å². The number of thioether (sulfide) groups is 1. The number of oxazole rings is 1. The SMILES string of the molecule is CCOC(=O)C1(SC/C=C/c2ccc(Cc3nc(-c4cnccc4N(C)C)oc3C)o2)CCC1. The van der Waals surface area contributed by atoms with Crippen LogP contribution < -0.4 is 4.90 Å². The average Bonchev–Trinajstić information content (AvgIpc) is 3.39. The molecule has 0 aromatic carbocycles. The van der Waals surface area contributed by atoms with E-state index in [1.807, 2.05) is 63.2 Å². The first kappa shape index (κ1) is 24.1. The van der Waals surface area contributed by atoms with Gasteiger partial charge in [0.2, 0.25) is 5.89 Å². The Kier molecular flexibility index (Phi) is 7.46. The minimum absolute atomic E-state index is 0.0775. The molecular formula is C26H31N3O4S. The number of pyridine rings is 1. The van der Waals surface area contributed by atoms with Crippen LogP contribution in [0.2, 0.25) is 0 Å². The van der Waals surface area contributed by atoms with Crippen LogP contribution in [0.4, 0.5) is 5.69 Å². The van der Waals surface area contributed by atoms with Crippen LogP contribution in [0.15, 0.2) is 45.5 Å². The third-order valence-corrected chi connectivity index (χ3v) is 7.46. The van der Waals surface area contributed by atoms with Crippen molar-refractivity contribution in [3.63, 3.8) is 0 Å². The van der Waals surface area contributed by atoms with Crippen LogP contribution in [0.1, 0.15) is 49.2 Å². The second kappa shape index (κ2) is 10.5. The van der Waals surface area contributed by atoms with Crippen LogP contribution >= 0.6 is 11.8 Å². The third kappa shape index (κ3) is 5.22. The third-order valence-electron chi connectivity index (χ3n) is 5.97. The molecule has 8 heteroatoms. The zero-order valence-corrected chi connectivity index (χ0v) is 21.0. The highest BCUT2D eigenvalue weighted by Crippen LogP contribution is 2.45. The molecule has 1 aliphatic carbocycles. The maximum absolute atomic E-state index is 12.3. The van der Waals surface area contributed by atoms with Gasteiger partial charge in [-0.25, -0.2) is 4.98 Å². The summed E-state index contributed by atoms with van der Waals surface area (Å²) in [7, 11) is 3.96. The summed E-state index contributed by atoms with van der Waals surface area (Å²) < 4.78 is 16.8. The highest BCUT2D eigenvalue weighted by Gasteiger charge is 2.45. The predicted octanol–water partition coefficient (Wildman–Crippen LogP) is 5.53. The van der Waals surface area contributed by atoms with Gasteiger partial charge in [0.05, 0.1) is 30.0 Å². The lowest BCUT2D eigenvalue weighted by Crippen LogP contribution is -2.43. The van der Waals surface area contributed by atoms with E-state index in [2.05, 4.69) is 4.98 Å². The van der Waals surface area contributed by atoms with E-state index in [-0.39, 0.29) is 10.7 Å². The minimum atomic E-state index is -0.364.